The van der Waals surface area contributed by atoms with Crippen molar-refractivity contribution in [2.24, 2.45) is 5.73 Å². The largest absolute Gasteiger partial charge is 0.368 e. The number of hydrogen-bond donors (Lipinski definition) is 1. The Balaban J connectivity index is 2.39. The summed E-state index contributed by atoms with van der Waals surface area (Å²) in [5, 5.41) is 0. The minimum absolute atomic E-state index is 0.146. The van der Waals surface area contributed by atoms with Crippen LogP contribution in [-0.2, 0) is 14.8 Å². The molecule has 1 aromatic rings. The van der Waals surface area contributed by atoms with E-state index in [1.165, 1.54) is 15.3 Å². The van der Waals surface area contributed by atoms with Crippen molar-refractivity contribution in [2.45, 2.75) is 51.0 Å². The van der Waals surface area contributed by atoms with Crippen LogP contribution in [0.25, 0.3) is 0 Å². The summed E-state index contributed by atoms with van der Waals surface area (Å²) < 4.78 is 27.5. The monoisotopic (exact) mass is 381 g/mol. The van der Waals surface area contributed by atoms with E-state index >= 15 is 0 Å². The van der Waals surface area contributed by atoms with Gasteiger partial charge in [-0.1, -0.05) is 12.5 Å². The van der Waals surface area contributed by atoms with Crippen LogP contribution in [0.1, 0.15) is 49.0 Å². The van der Waals surface area contributed by atoms with E-state index in [9.17, 15) is 18.0 Å². The van der Waals surface area contributed by atoms with E-state index in [0.717, 1.165) is 19.3 Å². The maximum atomic E-state index is 13.0. The molecule has 7 nitrogen and oxygen atoms in total. The fraction of sp³-hybridized carbons (Fsp3) is 0.556. The van der Waals surface area contributed by atoms with Crippen LogP contribution in [0.3, 0.4) is 0 Å². The Morgan fingerprint density at radius 3 is 2.35 bits per heavy atom. The molecule has 0 atom stereocenters. The SMILES string of the molecule is Cc1ccc(C(=O)N(CC(N)=O)C(C)C)cc1S(=O)(=O)N1CCCCC1. The molecule has 1 fully saturated rings. The Kier molecular flexibility index (Phi) is 6.41. The molecule has 0 spiro atoms. The molecule has 0 aromatic heterocycles. The van der Waals surface area contributed by atoms with E-state index in [-0.39, 0.29) is 23.0 Å². The van der Waals surface area contributed by atoms with Crippen molar-refractivity contribution in [3.8, 4) is 0 Å². The zero-order valence-electron chi connectivity index (χ0n) is 15.6. The van der Waals surface area contributed by atoms with Crippen molar-refractivity contribution < 1.29 is 18.0 Å². The van der Waals surface area contributed by atoms with Gasteiger partial charge in [-0.05, 0) is 51.3 Å². The van der Waals surface area contributed by atoms with E-state index in [1.807, 2.05) is 0 Å². The molecule has 2 N–H and O–H groups in total. The highest BCUT2D eigenvalue weighted by atomic mass is 32.2. The van der Waals surface area contributed by atoms with Crippen LogP contribution < -0.4 is 5.73 Å². The van der Waals surface area contributed by atoms with Gasteiger partial charge in [0.1, 0.15) is 0 Å². The Labute approximate surface area is 155 Å². The smallest absolute Gasteiger partial charge is 0.254 e. The van der Waals surface area contributed by atoms with E-state index in [1.54, 1.807) is 32.9 Å². The first-order chi connectivity index (χ1) is 12.1. The minimum atomic E-state index is -3.65. The fourth-order valence-electron chi connectivity index (χ4n) is 3.08. The number of piperidine rings is 1. The molecule has 2 rings (SSSR count). The lowest BCUT2D eigenvalue weighted by Gasteiger charge is -2.28. The standard InChI is InChI=1S/C18H27N3O4S/c1-13(2)21(12-17(19)22)18(23)15-8-7-14(3)16(11-15)26(24,25)20-9-5-4-6-10-20/h7-8,11,13H,4-6,9-10,12H2,1-3H3,(H2,19,22). The molecule has 8 heteroatoms. The topological polar surface area (TPSA) is 101 Å². The number of carbonyl (C=O) groups is 2. The van der Waals surface area contributed by atoms with Crippen LogP contribution in [0.15, 0.2) is 23.1 Å². The third-order valence-corrected chi connectivity index (χ3v) is 6.62. The molecule has 0 radical (unpaired) electrons. The second-order valence-corrected chi connectivity index (χ2v) is 8.84. The van der Waals surface area contributed by atoms with Crippen molar-refractivity contribution >= 4 is 21.8 Å². The number of nitrogens with zero attached hydrogens (tertiary/aromatic N) is 2. The first kappa shape index (κ1) is 20.4. The van der Waals surface area contributed by atoms with Crippen LogP contribution in [0.2, 0.25) is 0 Å². The van der Waals surface area contributed by atoms with E-state index in [4.69, 9.17) is 5.73 Å². The second kappa shape index (κ2) is 8.18. The summed E-state index contributed by atoms with van der Waals surface area (Å²) in [5.41, 5.74) is 6.07. The van der Waals surface area contributed by atoms with Gasteiger partial charge in [0.15, 0.2) is 0 Å². The maximum Gasteiger partial charge on any atom is 0.254 e. The second-order valence-electron chi connectivity index (χ2n) is 6.94. The number of amides is 2. The van der Waals surface area contributed by atoms with E-state index in [2.05, 4.69) is 0 Å². The normalized spacial score (nSPS) is 15.8. The first-order valence-electron chi connectivity index (χ1n) is 8.84. The zero-order valence-corrected chi connectivity index (χ0v) is 16.4. The molecule has 0 unspecified atom stereocenters. The summed E-state index contributed by atoms with van der Waals surface area (Å²) in [6.07, 6.45) is 2.72. The zero-order chi connectivity index (χ0) is 19.5. The lowest BCUT2D eigenvalue weighted by atomic mass is 10.1. The number of aryl methyl sites for hydroxylation is 1. The van der Waals surface area contributed by atoms with Crippen molar-refractivity contribution in [1.82, 2.24) is 9.21 Å². The molecule has 1 aromatic carbocycles. The summed E-state index contributed by atoms with van der Waals surface area (Å²) in [7, 11) is -3.65. The number of sulfonamides is 1. The summed E-state index contributed by atoms with van der Waals surface area (Å²) in [5.74, 6) is -1.02. The van der Waals surface area contributed by atoms with Crippen molar-refractivity contribution in [3.63, 3.8) is 0 Å². The highest BCUT2D eigenvalue weighted by Gasteiger charge is 2.29. The molecule has 0 aliphatic carbocycles. The average Bonchev–Trinajstić information content (AvgIpc) is 2.59. The molecule has 0 bridgehead atoms. The van der Waals surface area contributed by atoms with Crippen molar-refractivity contribution in [3.05, 3.63) is 29.3 Å². The molecule has 1 aliphatic heterocycles. The summed E-state index contributed by atoms with van der Waals surface area (Å²) in [6, 6.07) is 4.40. The summed E-state index contributed by atoms with van der Waals surface area (Å²) in [6.45, 7) is 6.06. The maximum absolute atomic E-state index is 13.0. The number of carbonyl (C=O) groups excluding carboxylic acids is 2. The van der Waals surface area contributed by atoms with Gasteiger partial charge in [-0.2, -0.15) is 4.31 Å². The summed E-state index contributed by atoms with van der Waals surface area (Å²) in [4.78, 5) is 25.5. The lowest BCUT2D eigenvalue weighted by Crippen LogP contribution is -2.43. The number of hydrogen-bond acceptors (Lipinski definition) is 4. The quantitative estimate of drug-likeness (QED) is 0.807. The van der Waals surface area contributed by atoms with Gasteiger partial charge in [-0.3, -0.25) is 9.59 Å². The van der Waals surface area contributed by atoms with Gasteiger partial charge < -0.3 is 10.6 Å². The van der Waals surface area contributed by atoms with Gasteiger partial charge in [-0.25, -0.2) is 8.42 Å². The van der Waals surface area contributed by atoms with Crippen molar-refractivity contribution in [2.75, 3.05) is 19.6 Å². The molecule has 0 saturated carbocycles. The number of nitrogens with two attached hydrogens (primary N) is 1. The fourth-order valence-corrected chi connectivity index (χ4v) is 4.85. The van der Waals surface area contributed by atoms with Crippen LogP contribution >= 0.6 is 0 Å². The van der Waals surface area contributed by atoms with Crippen LogP contribution in [0.5, 0.6) is 0 Å². The van der Waals surface area contributed by atoms with Gasteiger partial charge in [0.05, 0.1) is 11.4 Å². The van der Waals surface area contributed by atoms with Crippen LogP contribution in [0.4, 0.5) is 0 Å². The molecule has 26 heavy (non-hydrogen) atoms. The Morgan fingerprint density at radius 1 is 1.19 bits per heavy atom. The Hall–Kier alpha value is -1.93. The van der Waals surface area contributed by atoms with Gasteiger partial charge in [0, 0.05) is 24.7 Å². The predicted octanol–water partition coefficient (Wildman–Crippen LogP) is 1.51. The number of benzene rings is 1. The highest BCUT2D eigenvalue weighted by Crippen LogP contribution is 2.25. The third-order valence-electron chi connectivity index (χ3n) is 4.58. The minimum Gasteiger partial charge on any atom is -0.368 e. The molecular formula is C18H27N3O4S. The summed E-state index contributed by atoms with van der Waals surface area (Å²) >= 11 is 0. The van der Waals surface area contributed by atoms with E-state index in [0.29, 0.717) is 18.7 Å². The van der Waals surface area contributed by atoms with E-state index < -0.39 is 21.8 Å². The van der Waals surface area contributed by atoms with Gasteiger partial charge in [0.2, 0.25) is 15.9 Å². The molecule has 1 saturated heterocycles. The molecule has 1 aliphatic rings. The van der Waals surface area contributed by atoms with Gasteiger partial charge in [-0.15, -0.1) is 0 Å². The first-order valence-corrected chi connectivity index (χ1v) is 10.3. The third kappa shape index (κ3) is 4.42. The molecule has 1 heterocycles. The number of primary amides is 1. The Bertz CT molecular complexity index is 784. The Morgan fingerprint density at radius 2 is 1.81 bits per heavy atom. The van der Waals surface area contributed by atoms with Gasteiger partial charge in [0.25, 0.3) is 5.91 Å². The highest BCUT2D eigenvalue weighted by molar-refractivity contribution is 7.89. The van der Waals surface area contributed by atoms with Crippen LogP contribution in [0, 0.1) is 6.92 Å². The predicted molar refractivity (Wildman–Crippen MR) is 99.2 cm³/mol. The lowest BCUT2D eigenvalue weighted by molar-refractivity contribution is -0.119. The molecule has 144 valence electrons. The van der Waals surface area contributed by atoms with Gasteiger partial charge >= 0.3 is 0 Å². The van der Waals surface area contributed by atoms with Crippen molar-refractivity contribution in [1.29, 1.82) is 0 Å². The van der Waals surface area contributed by atoms with Crippen LogP contribution in [-0.4, -0.2) is 55.1 Å². The molecular weight excluding hydrogens is 354 g/mol. The average molecular weight is 381 g/mol. The number of rotatable bonds is 6. The molecule has 2 amide bonds.